The minimum absolute atomic E-state index is 0.140. The predicted molar refractivity (Wildman–Crippen MR) is 91.1 cm³/mol. The van der Waals surface area contributed by atoms with Gasteiger partial charge in [0.15, 0.2) is 0 Å². The normalized spacial score (nSPS) is 10.8. The van der Waals surface area contributed by atoms with Crippen LogP contribution in [0.4, 0.5) is 4.39 Å². The lowest BCUT2D eigenvalue weighted by Crippen LogP contribution is -2.24. The van der Waals surface area contributed by atoms with Gasteiger partial charge in [0.25, 0.3) is 5.56 Å². The third-order valence-electron chi connectivity index (χ3n) is 3.84. The molecule has 0 aliphatic heterocycles. The molecule has 4 nitrogen and oxygen atoms in total. The molecule has 3 rings (SSSR count). The molecule has 0 amide bonds. The molecule has 1 aromatic heterocycles. The van der Waals surface area contributed by atoms with Gasteiger partial charge >= 0.3 is 0 Å². The second-order valence-corrected chi connectivity index (χ2v) is 5.55. The molecule has 0 saturated heterocycles. The van der Waals surface area contributed by atoms with E-state index >= 15 is 0 Å². The molecule has 0 bridgehead atoms. The number of halogens is 1. The number of aryl methyl sites for hydroxylation is 1. The van der Waals surface area contributed by atoms with Crippen LogP contribution in [0.3, 0.4) is 0 Å². The Hall–Kier alpha value is -2.79. The van der Waals surface area contributed by atoms with Crippen molar-refractivity contribution in [3.05, 3.63) is 76.3 Å². The standard InChI is InChI=1S/C19H17FN2O2/c1-13-12-18(24)22(10-11-23)21-19(13)16-4-2-14(3-5-16)15-6-8-17(20)9-7-15/h2-9,12,23H,10-11H2,1H3. The van der Waals surface area contributed by atoms with E-state index in [-0.39, 0.29) is 24.5 Å². The van der Waals surface area contributed by atoms with Crippen LogP contribution in [0.25, 0.3) is 22.4 Å². The van der Waals surface area contributed by atoms with E-state index in [0.717, 1.165) is 22.3 Å². The quantitative estimate of drug-likeness (QED) is 0.802. The summed E-state index contributed by atoms with van der Waals surface area (Å²) < 4.78 is 14.3. The molecule has 24 heavy (non-hydrogen) atoms. The Morgan fingerprint density at radius 3 is 2.12 bits per heavy atom. The predicted octanol–water partition coefficient (Wildman–Crippen LogP) is 3.02. The van der Waals surface area contributed by atoms with Crippen LogP contribution in [-0.2, 0) is 6.54 Å². The van der Waals surface area contributed by atoms with E-state index in [1.807, 2.05) is 31.2 Å². The lowest BCUT2D eigenvalue weighted by Gasteiger charge is -2.10. The van der Waals surface area contributed by atoms with Gasteiger partial charge in [-0.25, -0.2) is 9.07 Å². The topological polar surface area (TPSA) is 55.1 Å². The molecule has 0 fully saturated rings. The monoisotopic (exact) mass is 324 g/mol. The van der Waals surface area contributed by atoms with Crippen LogP contribution in [-0.4, -0.2) is 21.5 Å². The zero-order chi connectivity index (χ0) is 17.1. The Kier molecular flexibility index (Phi) is 4.53. The first-order valence-corrected chi connectivity index (χ1v) is 7.64. The zero-order valence-corrected chi connectivity index (χ0v) is 13.2. The van der Waals surface area contributed by atoms with E-state index in [1.54, 1.807) is 12.1 Å². The van der Waals surface area contributed by atoms with Crippen LogP contribution in [0, 0.1) is 12.7 Å². The van der Waals surface area contributed by atoms with Crippen molar-refractivity contribution in [2.75, 3.05) is 6.61 Å². The first-order chi connectivity index (χ1) is 11.6. The molecule has 0 aliphatic carbocycles. The third kappa shape index (κ3) is 3.26. The van der Waals surface area contributed by atoms with Gasteiger partial charge in [0.2, 0.25) is 0 Å². The van der Waals surface area contributed by atoms with Crippen molar-refractivity contribution in [3.63, 3.8) is 0 Å². The van der Waals surface area contributed by atoms with Gasteiger partial charge in [0.1, 0.15) is 5.82 Å². The number of hydrogen-bond acceptors (Lipinski definition) is 3. The minimum atomic E-state index is -0.263. The second-order valence-electron chi connectivity index (χ2n) is 5.55. The Bertz CT molecular complexity index is 900. The van der Waals surface area contributed by atoms with Gasteiger partial charge in [-0.15, -0.1) is 0 Å². The van der Waals surface area contributed by atoms with E-state index < -0.39 is 0 Å². The second kappa shape index (κ2) is 6.76. The van der Waals surface area contributed by atoms with E-state index in [0.29, 0.717) is 5.69 Å². The molecule has 1 heterocycles. The molecule has 1 N–H and O–H groups in total. The number of rotatable bonds is 4. The van der Waals surface area contributed by atoms with Gasteiger partial charge in [-0.05, 0) is 35.7 Å². The molecule has 0 atom stereocenters. The number of aliphatic hydroxyl groups excluding tert-OH is 1. The van der Waals surface area contributed by atoms with Crippen LogP contribution in [0.2, 0.25) is 0 Å². The largest absolute Gasteiger partial charge is 0.394 e. The Labute approximate surface area is 138 Å². The smallest absolute Gasteiger partial charge is 0.267 e. The summed E-state index contributed by atoms with van der Waals surface area (Å²) in [6, 6.07) is 15.6. The molecule has 3 aromatic rings. The van der Waals surface area contributed by atoms with Crippen LogP contribution < -0.4 is 5.56 Å². The highest BCUT2D eigenvalue weighted by atomic mass is 19.1. The van der Waals surface area contributed by atoms with E-state index in [9.17, 15) is 9.18 Å². The summed E-state index contributed by atoms with van der Waals surface area (Å²) in [5, 5.41) is 13.4. The summed E-state index contributed by atoms with van der Waals surface area (Å²) in [7, 11) is 0. The molecule has 0 aliphatic rings. The highest BCUT2D eigenvalue weighted by molar-refractivity contribution is 5.69. The van der Waals surface area contributed by atoms with Crippen molar-refractivity contribution in [2.24, 2.45) is 0 Å². The summed E-state index contributed by atoms with van der Waals surface area (Å²) in [4.78, 5) is 11.8. The maximum absolute atomic E-state index is 13.0. The van der Waals surface area contributed by atoms with E-state index in [2.05, 4.69) is 5.10 Å². The fraction of sp³-hybridized carbons (Fsp3) is 0.158. The van der Waals surface area contributed by atoms with Crippen molar-refractivity contribution in [1.29, 1.82) is 0 Å². The fourth-order valence-corrected chi connectivity index (χ4v) is 2.58. The van der Waals surface area contributed by atoms with E-state index in [1.165, 1.54) is 22.9 Å². The van der Waals surface area contributed by atoms with Gasteiger partial charge in [-0.3, -0.25) is 4.79 Å². The number of aliphatic hydroxyl groups is 1. The van der Waals surface area contributed by atoms with Gasteiger partial charge in [0, 0.05) is 11.6 Å². The number of benzene rings is 2. The molecule has 122 valence electrons. The molecule has 5 heteroatoms. The summed E-state index contributed by atoms with van der Waals surface area (Å²) in [5.41, 5.74) is 4.04. The molecule has 0 radical (unpaired) electrons. The summed E-state index contributed by atoms with van der Waals surface area (Å²) in [6.07, 6.45) is 0. The Balaban J connectivity index is 1.97. The molecule has 0 spiro atoms. The van der Waals surface area contributed by atoms with Crippen LogP contribution >= 0.6 is 0 Å². The van der Waals surface area contributed by atoms with Crippen LogP contribution in [0.15, 0.2) is 59.4 Å². The maximum Gasteiger partial charge on any atom is 0.267 e. The molecule has 0 unspecified atom stereocenters. The summed E-state index contributed by atoms with van der Waals surface area (Å²) in [5.74, 6) is -0.263. The Morgan fingerprint density at radius 2 is 1.54 bits per heavy atom. The molecule has 0 saturated carbocycles. The highest BCUT2D eigenvalue weighted by Gasteiger charge is 2.08. The minimum Gasteiger partial charge on any atom is -0.394 e. The van der Waals surface area contributed by atoms with Crippen molar-refractivity contribution in [2.45, 2.75) is 13.5 Å². The molecular weight excluding hydrogens is 307 g/mol. The van der Waals surface area contributed by atoms with Crippen molar-refractivity contribution in [1.82, 2.24) is 9.78 Å². The van der Waals surface area contributed by atoms with Gasteiger partial charge in [0.05, 0.1) is 18.8 Å². The van der Waals surface area contributed by atoms with Crippen LogP contribution in [0.1, 0.15) is 5.56 Å². The SMILES string of the molecule is Cc1cc(=O)n(CCO)nc1-c1ccc(-c2ccc(F)cc2)cc1. The third-order valence-corrected chi connectivity index (χ3v) is 3.84. The maximum atomic E-state index is 13.0. The zero-order valence-electron chi connectivity index (χ0n) is 13.2. The summed E-state index contributed by atoms with van der Waals surface area (Å²) >= 11 is 0. The van der Waals surface area contributed by atoms with Crippen molar-refractivity contribution >= 4 is 0 Å². The molecular formula is C19H17FN2O2. The number of hydrogen-bond donors (Lipinski definition) is 1. The Morgan fingerprint density at radius 1 is 1.00 bits per heavy atom. The number of nitrogens with zero attached hydrogens (tertiary/aromatic N) is 2. The van der Waals surface area contributed by atoms with Gasteiger partial charge in [-0.1, -0.05) is 36.4 Å². The van der Waals surface area contributed by atoms with Crippen molar-refractivity contribution < 1.29 is 9.50 Å². The van der Waals surface area contributed by atoms with Crippen LogP contribution in [0.5, 0.6) is 0 Å². The van der Waals surface area contributed by atoms with Gasteiger partial charge < -0.3 is 5.11 Å². The van der Waals surface area contributed by atoms with Crippen molar-refractivity contribution in [3.8, 4) is 22.4 Å². The first kappa shape index (κ1) is 16.1. The average Bonchev–Trinajstić information content (AvgIpc) is 2.58. The van der Waals surface area contributed by atoms with Gasteiger partial charge in [-0.2, -0.15) is 5.10 Å². The molecule has 2 aromatic carbocycles. The highest BCUT2D eigenvalue weighted by Crippen LogP contribution is 2.25. The lowest BCUT2D eigenvalue weighted by molar-refractivity contribution is 0.266. The lowest BCUT2D eigenvalue weighted by atomic mass is 10.0. The van der Waals surface area contributed by atoms with E-state index in [4.69, 9.17) is 5.11 Å². The first-order valence-electron chi connectivity index (χ1n) is 7.64. The summed E-state index contributed by atoms with van der Waals surface area (Å²) in [6.45, 7) is 1.86. The number of aromatic nitrogens is 2. The fourth-order valence-electron chi connectivity index (χ4n) is 2.58. The average molecular weight is 324 g/mol.